The number of amides is 2. The summed E-state index contributed by atoms with van der Waals surface area (Å²) in [5.74, 6) is -2.53. The van der Waals surface area contributed by atoms with Crippen LogP contribution in [0.5, 0.6) is 0 Å². The van der Waals surface area contributed by atoms with Crippen molar-refractivity contribution >= 4 is 21.8 Å². The van der Waals surface area contributed by atoms with Gasteiger partial charge in [-0.15, -0.1) is 0 Å². The minimum absolute atomic E-state index is 0.0200. The second-order valence-electron chi connectivity index (χ2n) is 6.80. The SMILES string of the molecule is O=C1c2cccnc2C(=O)N1Cc1ccc(F)cc1S(=O)(=O)NCc1ccc(F)cc1. The first-order valence-electron chi connectivity index (χ1n) is 9.10. The molecule has 0 saturated heterocycles. The fourth-order valence-electron chi connectivity index (χ4n) is 3.20. The van der Waals surface area contributed by atoms with Gasteiger partial charge in [-0.2, -0.15) is 0 Å². The van der Waals surface area contributed by atoms with Crippen LogP contribution in [0.2, 0.25) is 0 Å². The van der Waals surface area contributed by atoms with E-state index in [1.165, 1.54) is 48.7 Å². The highest BCUT2D eigenvalue weighted by Gasteiger charge is 2.37. The average Bonchev–Trinajstić information content (AvgIpc) is 2.99. The zero-order valence-electron chi connectivity index (χ0n) is 15.9. The molecule has 2 aromatic carbocycles. The van der Waals surface area contributed by atoms with E-state index >= 15 is 0 Å². The Morgan fingerprint density at radius 1 is 0.935 bits per heavy atom. The van der Waals surface area contributed by atoms with E-state index in [0.717, 1.165) is 17.0 Å². The number of carbonyl (C=O) groups excluding carboxylic acids is 2. The van der Waals surface area contributed by atoms with Crippen LogP contribution in [-0.2, 0) is 23.1 Å². The van der Waals surface area contributed by atoms with Crippen molar-refractivity contribution in [1.29, 1.82) is 0 Å². The van der Waals surface area contributed by atoms with Gasteiger partial charge in [-0.25, -0.2) is 21.9 Å². The molecule has 2 heterocycles. The summed E-state index contributed by atoms with van der Waals surface area (Å²) in [7, 11) is -4.21. The highest BCUT2D eigenvalue weighted by Crippen LogP contribution is 2.26. The molecular weight excluding hydrogens is 428 g/mol. The zero-order chi connectivity index (χ0) is 22.2. The smallest absolute Gasteiger partial charge is 0.268 e. The zero-order valence-corrected chi connectivity index (χ0v) is 16.7. The van der Waals surface area contributed by atoms with Crippen LogP contribution < -0.4 is 4.72 Å². The predicted molar refractivity (Wildman–Crippen MR) is 105 cm³/mol. The summed E-state index contributed by atoms with van der Waals surface area (Å²) in [6, 6.07) is 11.2. The van der Waals surface area contributed by atoms with Gasteiger partial charge >= 0.3 is 0 Å². The molecule has 0 spiro atoms. The Kier molecular flexibility index (Phi) is 5.34. The number of carbonyl (C=O) groups is 2. The maximum Gasteiger partial charge on any atom is 0.280 e. The van der Waals surface area contributed by atoms with E-state index < -0.39 is 38.4 Å². The maximum absolute atomic E-state index is 13.9. The maximum atomic E-state index is 13.9. The van der Waals surface area contributed by atoms with E-state index in [0.29, 0.717) is 5.56 Å². The number of fused-ring (bicyclic) bond motifs is 1. The molecule has 0 bridgehead atoms. The van der Waals surface area contributed by atoms with Gasteiger partial charge in [0.05, 0.1) is 17.0 Å². The van der Waals surface area contributed by atoms with Gasteiger partial charge in [0.15, 0.2) is 0 Å². The number of aromatic nitrogens is 1. The van der Waals surface area contributed by atoms with Gasteiger partial charge in [-0.1, -0.05) is 18.2 Å². The fourth-order valence-corrected chi connectivity index (χ4v) is 4.45. The lowest BCUT2D eigenvalue weighted by atomic mass is 10.2. The third-order valence-electron chi connectivity index (χ3n) is 4.76. The van der Waals surface area contributed by atoms with Gasteiger partial charge in [0.2, 0.25) is 10.0 Å². The standard InChI is InChI=1S/C21H15F2N3O4S/c22-15-6-3-13(4-7-15)11-25-31(29,30)18-10-16(23)8-5-14(18)12-26-20(27)17-2-1-9-24-19(17)21(26)28/h1-10,25H,11-12H2. The lowest BCUT2D eigenvalue weighted by molar-refractivity contribution is 0.0639. The number of hydrogen-bond donors (Lipinski definition) is 1. The third-order valence-corrected chi connectivity index (χ3v) is 6.24. The molecule has 4 rings (SSSR count). The van der Waals surface area contributed by atoms with Crippen molar-refractivity contribution in [3.8, 4) is 0 Å². The summed E-state index contributed by atoms with van der Waals surface area (Å²) < 4.78 is 54.9. The van der Waals surface area contributed by atoms with E-state index in [1.807, 2.05) is 0 Å². The van der Waals surface area contributed by atoms with Gasteiger partial charge in [-0.05, 0) is 47.5 Å². The molecule has 0 aliphatic carbocycles. The molecule has 7 nitrogen and oxygen atoms in total. The predicted octanol–water partition coefficient (Wildman–Crippen LogP) is 2.63. The number of halogens is 2. The first kappa shape index (κ1) is 20.8. The van der Waals surface area contributed by atoms with Crippen molar-refractivity contribution < 1.29 is 26.8 Å². The monoisotopic (exact) mass is 443 g/mol. The lowest BCUT2D eigenvalue weighted by Crippen LogP contribution is -2.31. The van der Waals surface area contributed by atoms with Crippen LogP contribution in [-0.4, -0.2) is 30.1 Å². The molecule has 1 N–H and O–H groups in total. The topological polar surface area (TPSA) is 96.4 Å². The van der Waals surface area contributed by atoms with E-state index in [1.54, 1.807) is 0 Å². The van der Waals surface area contributed by atoms with Gasteiger partial charge in [0.1, 0.15) is 17.3 Å². The number of imide groups is 1. The van der Waals surface area contributed by atoms with Crippen LogP contribution in [0.15, 0.2) is 65.7 Å². The van der Waals surface area contributed by atoms with Gasteiger partial charge in [-0.3, -0.25) is 19.5 Å². The number of hydrogen-bond acceptors (Lipinski definition) is 5. The highest BCUT2D eigenvalue weighted by molar-refractivity contribution is 7.89. The van der Waals surface area contributed by atoms with Crippen LogP contribution in [0, 0.1) is 11.6 Å². The molecule has 2 amide bonds. The normalized spacial score (nSPS) is 13.5. The molecule has 10 heteroatoms. The van der Waals surface area contributed by atoms with Crippen molar-refractivity contribution in [3.63, 3.8) is 0 Å². The first-order chi connectivity index (χ1) is 14.8. The summed E-state index contributed by atoms with van der Waals surface area (Å²) >= 11 is 0. The number of benzene rings is 2. The summed E-state index contributed by atoms with van der Waals surface area (Å²) in [5.41, 5.74) is 0.652. The van der Waals surface area contributed by atoms with Crippen molar-refractivity contribution in [2.75, 3.05) is 0 Å². The lowest BCUT2D eigenvalue weighted by Gasteiger charge is -2.17. The Morgan fingerprint density at radius 2 is 1.65 bits per heavy atom. The Hall–Kier alpha value is -3.50. The van der Waals surface area contributed by atoms with E-state index in [4.69, 9.17) is 0 Å². The minimum Gasteiger partial charge on any atom is -0.268 e. The summed E-state index contributed by atoms with van der Waals surface area (Å²) in [6.45, 7) is -0.531. The van der Waals surface area contributed by atoms with E-state index in [9.17, 15) is 26.8 Å². The van der Waals surface area contributed by atoms with Crippen molar-refractivity contribution in [2.45, 2.75) is 18.0 Å². The second-order valence-corrected chi connectivity index (χ2v) is 8.53. The summed E-state index contributed by atoms with van der Waals surface area (Å²) in [4.78, 5) is 29.5. The number of nitrogens with one attached hydrogen (secondary N) is 1. The average molecular weight is 443 g/mol. The van der Waals surface area contributed by atoms with Gasteiger partial charge in [0, 0.05) is 12.7 Å². The molecule has 0 fully saturated rings. The van der Waals surface area contributed by atoms with Crippen molar-refractivity contribution in [1.82, 2.24) is 14.6 Å². The first-order valence-corrected chi connectivity index (χ1v) is 10.6. The third kappa shape index (κ3) is 4.07. The molecule has 1 aliphatic rings. The van der Waals surface area contributed by atoms with Crippen molar-refractivity contribution in [2.24, 2.45) is 0 Å². The Balaban J connectivity index is 1.61. The van der Waals surface area contributed by atoms with Crippen LogP contribution >= 0.6 is 0 Å². The molecule has 1 aromatic heterocycles. The van der Waals surface area contributed by atoms with Gasteiger partial charge in [0.25, 0.3) is 11.8 Å². The number of rotatable bonds is 6. The quantitative estimate of drug-likeness (QED) is 0.591. The molecular formula is C21H15F2N3O4S. The van der Waals surface area contributed by atoms with Crippen LogP contribution in [0.4, 0.5) is 8.78 Å². The van der Waals surface area contributed by atoms with Crippen LogP contribution in [0.1, 0.15) is 32.0 Å². The highest BCUT2D eigenvalue weighted by atomic mass is 32.2. The molecule has 31 heavy (non-hydrogen) atoms. The molecule has 0 saturated carbocycles. The minimum atomic E-state index is -4.21. The number of pyridine rings is 1. The number of nitrogens with zero attached hydrogens (tertiary/aromatic N) is 2. The largest absolute Gasteiger partial charge is 0.280 e. The molecule has 1 aliphatic heterocycles. The molecule has 0 radical (unpaired) electrons. The van der Waals surface area contributed by atoms with Crippen LogP contribution in [0.3, 0.4) is 0 Å². The number of sulfonamides is 1. The Morgan fingerprint density at radius 3 is 2.35 bits per heavy atom. The van der Waals surface area contributed by atoms with E-state index in [2.05, 4.69) is 9.71 Å². The summed E-state index contributed by atoms with van der Waals surface area (Å²) in [5, 5.41) is 0. The van der Waals surface area contributed by atoms with Gasteiger partial charge < -0.3 is 0 Å². The van der Waals surface area contributed by atoms with E-state index in [-0.39, 0.29) is 29.9 Å². The molecule has 0 atom stereocenters. The molecule has 0 unspecified atom stereocenters. The molecule has 158 valence electrons. The van der Waals surface area contributed by atoms with Crippen molar-refractivity contribution in [3.05, 3.63) is 94.8 Å². The molecule has 3 aromatic rings. The van der Waals surface area contributed by atoms with Crippen LogP contribution in [0.25, 0.3) is 0 Å². The Bertz CT molecular complexity index is 1260. The Labute approximate surface area is 176 Å². The fraction of sp³-hybridized carbons (Fsp3) is 0.0952. The summed E-state index contributed by atoms with van der Waals surface area (Å²) in [6.07, 6.45) is 1.38. The second kappa shape index (κ2) is 7.97.